The van der Waals surface area contributed by atoms with Crippen molar-refractivity contribution in [3.8, 4) is 0 Å². The number of aromatic nitrogens is 5. The summed E-state index contributed by atoms with van der Waals surface area (Å²) in [5.41, 5.74) is 0.0534. The number of nitrogens with one attached hydrogen (secondary N) is 1. The van der Waals surface area contributed by atoms with Crippen molar-refractivity contribution in [3.05, 3.63) is 64.0 Å². The van der Waals surface area contributed by atoms with E-state index in [4.69, 9.17) is 0 Å². The molecule has 128 valence electrons. The molecular formula is C14H12FN7O3. The summed E-state index contributed by atoms with van der Waals surface area (Å²) in [6.45, 7) is 0.326. The average Bonchev–Trinajstić information content (AvgIpc) is 3.16. The fraction of sp³-hybridized carbons (Fsp3) is 0.143. The number of nitrogens with zero attached hydrogens (tertiary/aromatic N) is 6. The molecule has 0 atom stereocenters. The highest BCUT2D eigenvalue weighted by atomic mass is 19.1. The molecule has 3 rings (SSSR count). The molecule has 2 aromatic heterocycles. The maximum atomic E-state index is 12.9. The van der Waals surface area contributed by atoms with Gasteiger partial charge < -0.3 is 0 Å². The van der Waals surface area contributed by atoms with Crippen LogP contribution in [0.1, 0.15) is 16.1 Å². The summed E-state index contributed by atoms with van der Waals surface area (Å²) in [4.78, 5) is 26.3. The van der Waals surface area contributed by atoms with Crippen LogP contribution in [0.5, 0.6) is 0 Å². The Morgan fingerprint density at radius 2 is 2.04 bits per heavy atom. The molecule has 0 fully saturated rings. The van der Waals surface area contributed by atoms with Crippen molar-refractivity contribution in [2.24, 2.45) is 7.05 Å². The van der Waals surface area contributed by atoms with E-state index in [-0.39, 0.29) is 17.5 Å². The quantitative estimate of drug-likeness (QED) is 0.550. The van der Waals surface area contributed by atoms with Gasteiger partial charge in [0.2, 0.25) is 11.6 Å². The molecule has 11 heteroatoms. The Kier molecular flexibility index (Phi) is 4.20. The maximum absolute atomic E-state index is 12.9. The first kappa shape index (κ1) is 16.2. The van der Waals surface area contributed by atoms with Crippen LogP contribution in [0.2, 0.25) is 0 Å². The molecule has 10 nitrogen and oxygen atoms in total. The third-order valence-corrected chi connectivity index (χ3v) is 3.24. The second-order valence-electron chi connectivity index (χ2n) is 5.14. The van der Waals surface area contributed by atoms with Crippen LogP contribution >= 0.6 is 0 Å². The van der Waals surface area contributed by atoms with Gasteiger partial charge in [-0.05, 0) is 17.7 Å². The van der Waals surface area contributed by atoms with E-state index < -0.39 is 16.5 Å². The van der Waals surface area contributed by atoms with E-state index in [1.807, 2.05) is 0 Å². The minimum absolute atomic E-state index is 0.0212. The van der Waals surface area contributed by atoms with Gasteiger partial charge in [-0.1, -0.05) is 12.1 Å². The number of carbonyl (C=O) groups is 1. The van der Waals surface area contributed by atoms with E-state index in [9.17, 15) is 19.3 Å². The Labute approximate surface area is 140 Å². The first-order chi connectivity index (χ1) is 11.9. The third kappa shape index (κ3) is 3.65. The van der Waals surface area contributed by atoms with Crippen molar-refractivity contribution in [2.45, 2.75) is 6.54 Å². The van der Waals surface area contributed by atoms with Crippen molar-refractivity contribution in [1.29, 1.82) is 0 Å². The number of hydrogen-bond acceptors (Lipinski definition) is 6. The van der Waals surface area contributed by atoms with Gasteiger partial charge in [-0.15, -0.1) is 5.10 Å². The minimum atomic E-state index is -0.785. The van der Waals surface area contributed by atoms with Gasteiger partial charge in [-0.25, -0.2) is 14.1 Å². The summed E-state index contributed by atoms with van der Waals surface area (Å²) in [5.74, 6) is -1.15. The Hall–Kier alpha value is -3.63. The van der Waals surface area contributed by atoms with Crippen LogP contribution in [0.4, 0.5) is 16.0 Å². The maximum Gasteiger partial charge on any atom is 0.320 e. The molecule has 0 aliphatic carbocycles. The fourth-order valence-corrected chi connectivity index (χ4v) is 2.14. The number of nitro groups is 1. The van der Waals surface area contributed by atoms with Gasteiger partial charge >= 0.3 is 5.69 Å². The fourth-order valence-electron chi connectivity index (χ4n) is 2.14. The number of amides is 1. The molecule has 0 unspecified atom stereocenters. The number of rotatable bonds is 5. The molecule has 0 aliphatic rings. The molecule has 0 radical (unpaired) electrons. The van der Waals surface area contributed by atoms with Crippen LogP contribution in [-0.2, 0) is 13.6 Å². The number of hydrogen-bond donors (Lipinski definition) is 1. The van der Waals surface area contributed by atoms with Gasteiger partial charge in [0.05, 0.1) is 11.5 Å². The standard InChI is InChI=1S/C14H12FN7O3/c1-20-7-11(22(24)25)12(18-20)13(23)17-14-16-8-21(19-14)6-9-2-4-10(15)5-3-9/h2-5,7-8H,6H2,1H3,(H,17,19,23). The molecule has 0 spiro atoms. The average molecular weight is 345 g/mol. The second-order valence-corrected chi connectivity index (χ2v) is 5.14. The molecular weight excluding hydrogens is 333 g/mol. The van der Waals surface area contributed by atoms with E-state index in [2.05, 4.69) is 20.5 Å². The normalized spacial score (nSPS) is 10.6. The van der Waals surface area contributed by atoms with E-state index in [0.29, 0.717) is 6.54 Å². The lowest BCUT2D eigenvalue weighted by atomic mass is 10.2. The first-order valence-corrected chi connectivity index (χ1v) is 7.05. The van der Waals surface area contributed by atoms with Gasteiger partial charge in [0, 0.05) is 7.05 Å². The molecule has 0 saturated heterocycles. The van der Waals surface area contributed by atoms with Gasteiger partial charge in [0.15, 0.2) is 0 Å². The van der Waals surface area contributed by atoms with Crippen molar-refractivity contribution in [1.82, 2.24) is 24.5 Å². The minimum Gasteiger partial charge on any atom is -0.287 e. The molecule has 0 saturated carbocycles. The van der Waals surface area contributed by atoms with Crippen LogP contribution in [0.25, 0.3) is 0 Å². The van der Waals surface area contributed by atoms with Crippen LogP contribution in [0.3, 0.4) is 0 Å². The number of carbonyl (C=O) groups excluding carboxylic acids is 1. The van der Waals surface area contributed by atoms with Crippen LogP contribution < -0.4 is 5.32 Å². The number of anilines is 1. The largest absolute Gasteiger partial charge is 0.320 e. The molecule has 1 amide bonds. The predicted molar refractivity (Wildman–Crippen MR) is 83.3 cm³/mol. The van der Waals surface area contributed by atoms with Crippen LogP contribution in [0, 0.1) is 15.9 Å². The topological polar surface area (TPSA) is 121 Å². The number of halogens is 1. The summed E-state index contributed by atoms with van der Waals surface area (Å²) in [5, 5.41) is 21.1. The molecule has 2 heterocycles. The highest BCUT2D eigenvalue weighted by Crippen LogP contribution is 2.17. The smallest absolute Gasteiger partial charge is 0.287 e. The number of aryl methyl sites for hydroxylation is 1. The highest BCUT2D eigenvalue weighted by Gasteiger charge is 2.25. The summed E-state index contributed by atoms with van der Waals surface area (Å²) >= 11 is 0. The Bertz CT molecular complexity index is 932. The highest BCUT2D eigenvalue weighted by molar-refractivity contribution is 6.04. The SMILES string of the molecule is Cn1cc([N+](=O)[O-])c(C(=O)Nc2ncn(Cc3ccc(F)cc3)n2)n1. The monoisotopic (exact) mass is 345 g/mol. The third-order valence-electron chi connectivity index (χ3n) is 3.24. The summed E-state index contributed by atoms with van der Waals surface area (Å²) in [6.07, 6.45) is 2.52. The van der Waals surface area contributed by atoms with Gasteiger partial charge in [0.1, 0.15) is 18.3 Å². The molecule has 1 N–H and O–H groups in total. The predicted octanol–water partition coefficient (Wildman–Crippen LogP) is 1.36. The lowest BCUT2D eigenvalue weighted by molar-refractivity contribution is -0.385. The van der Waals surface area contributed by atoms with Crippen molar-refractivity contribution in [2.75, 3.05) is 5.32 Å². The molecule has 3 aromatic rings. The Morgan fingerprint density at radius 3 is 2.72 bits per heavy atom. The van der Waals surface area contributed by atoms with Crippen LogP contribution in [-0.4, -0.2) is 35.4 Å². The van der Waals surface area contributed by atoms with Crippen molar-refractivity contribution >= 4 is 17.5 Å². The van der Waals surface area contributed by atoms with E-state index in [0.717, 1.165) is 11.8 Å². The zero-order chi connectivity index (χ0) is 18.0. The molecule has 1 aromatic carbocycles. The first-order valence-electron chi connectivity index (χ1n) is 7.05. The summed E-state index contributed by atoms with van der Waals surface area (Å²) in [6, 6.07) is 5.86. The Morgan fingerprint density at radius 1 is 1.32 bits per heavy atom. The second kappa shape index (κ2) is 6.47. The van der Waals surface area contributed by atoms with E-state index in [1.54, 1.807) is 12.1 Å². The molecule has 25 heavy (non-hydrogen) atoms. The zero-order valence-corrected chi connectivity index (χ0v) is 13.0. The molecule has 0 bridgehead atoms. The molecule has 0 aliphatic heterocycles. The van der Waals surface area contributed by atoms with E-state index >= 15 is 0 Å². The summed E-state index contributed by atoms with van der Waals surface area (Å²) < 4.78 is 15.5. The van der Waals surface area contributed by atoms with Gasteiger partial charge in [-0.2, -0.15) is 5.10 Å². The zero-order valence-electron chi connectivity index (χ0n) is 13.0. The lowest BCUT2D eigenvalue weighted by Gasteiger charge is -2.01. The van der Waals surface area contributed by atoms with Crippen molar-refractivity contribution in [3.63, 3.8) is 0 Å². The van der Waals surface area contributed by atoms with Crippen molar-refractivity contribution < 1.29 is 14.1 Å². The Balaban J connectivity index is 1.72. The van der Waals surface area contributed by atoms with Crippen LogP contribution in [0.15, 0.2) is 36.8 Å². The van der Waals surface area contributed by atoms with Gasteiger partial charge in [-0.3, -0.25) is 24.9 Å². The number of benzene rings is 1. The summed E-state index contributed by atoms with van der Waals surface area (Å²) in [7, 11) is 1.47. The van der Waals surface area contributed by atoms with Gasteiger partial charge in [0.25, 0.3) is 5.91 Å². The van der Waals surface area contributed by atoms with E-state index in [1.165, 1.54) is 34.9 Å². The lowest BCUT2D eigenvalue weighted by Crippen LogP contribution is -2.16.